The van der Waals surface area contributed by atoms with Crippen molar-refractivity contribution in [2.75, 3.05) is 5.32 Å². The number of hydrogen-bond donors (Lipinski definition) is 1. The smallest absolute Gasteiger partial charge is 0.255 e. The van der Waals surface area contributed by atoms with E-state index in [1.807, 2.05) is 60.7 Å². The van der Waals surface area contributed by atoms with E-state index in [0.29, 0.717) is 16.7 Å². The molecule has 0 aromatic heterocycles. The minimum Gasteiger partial charge on any atom is -0.321 e. The topological polar surface area (TPSA) is 46.2 Å². The van der Waals surface area contributed by atoms with Crippen LogP contribution in [0.1, 0.15) is 26.3 Å². The van der Waals surface area contributed by atoms with Crippen LogP contribution in [-0.2, 0) is 0 Å². The number of benzene rings is 4. The number of hydrogen-bond acceptors (Lipinski definition) is 2. The third-order valence-corrected chi connectivity index (χ3v) is 4.48. The molecule has 0 atom stereocenters. The molecule has 3 heteroatoms. The number of amides is 1. The molecule has 0 bridgehead atoms. The second-order valence-electron chi connectivity index (χ2n) is 6.25. The van der Waals surface area contributed by atoms with Gasteiger partial charge < -0.3 is 5.32 Å². The van der Waals surface area contributed by atoms with Crippen LogP contribution in [0, 0.1) is 0 Å². The Morgan fingerprint density at radius 2 is 1.15 bits per heavy atom. The highest BCUT2D eigenvalue weighted by atomic mass is 16.1. The molecule has 1 N–H and O–H groups in total. The van der Waals surface area contributed by atoms with E-state index >= 15 is 0 Å². The normalized spacial score (nSPS) is 10.5. The predicted molar refractivity (Wildman–Crippen MR) is 108 cm³/mol. The first kappa shape index (κ1) is 16.7. The minimum atomic E-state index is -0.204. The molecular formula is C24H17NO2. The molecule has 0 unspecified atom stereocenters. The molecule has 0 heterocycles. The predicted octanol–water partition coefficient (Wildman–Crippen LogP) is 5.32. The van der Waals surface area contributed by atoms with Gasteiger partial charge in [-0.2, -0.15) is 0 Å². The number of rotatable bonds is 4. The molecule has 0 aliphatic carbocycles. The zero-order valence-electron chi connectivity index (χ0n) is 14.6. The van der Waals surface area contributed by atoms with Crippen molar-refractivity contribution in [2.45, 2.75) is 0 Å². The fourth-order valence-electron chi connectivity index (χ4n) is 3.06. The molecule has 0 saturated carbocycles. The van der Waals surface area contributed by atoms with E-state index in [-0.39, 0.29) is 11.7 Å². The zero-order chi connectivity index (χ0) is 18.6. The van der Waals surface area contributed by atoms with Gasteiger partial charge in [-0.25, -0.2) is 0 Å². The summed E-state index contributed by atoms with van der Waals surface area (Å²) in [6.07, 6.45) is 0. The summed E-state index contributed by atoms with van der Waals surface area (Å²) in [7, 11) is 0. The maximum atomic E-state index is 12.6. The largest absolute Gasteiger partial charge is 0.321 e. The van der Waals surface area contributed by atoms with Gasteiger partial charge in [-0.1, -0.05) is 78.9 Å². The van der Waals surface area contributed by atoms with Crippen LogP contribution in [0.3, 0.4) is 0 Å². The Labute approximate surface area is 157 Å². The van der Waals surface area contributed by atoms with E-state index in [4.69, 9.17) is 0 Å². The van der Waals surface area contributed by atoms with Crippen molar-refractivity contribution in [3.8, 4) is 0 Å². The van der Waals surface area contributed by atoms with Gasteiger partial charge in [0.25, 0.3) is 5.91 Å². The molecule has 27 heavy (non-hydrogen) atoms. The lowest BCUT2D eigenvalue weighted by Crippen LogP contribution is -2.12. The van der Waals surface area contributed by atoms with E-state index in [1.54, 1.807) is 36.4 Å². The minimum absolute atomic E-state index is 0.0587. The fourth-order valence-corrected chi connectivity index (χ4v) is 3.06. The zero-order valence-corrected chi connectivity index (χ0v) is 14.6. The second-order valence-corrected chi connectivity index (χ2v) is 6.25. The van der Waals surface area contributed by atoms with Crippen molar-refractivity contribution in [2.24, 2.45) is 0 Å². The lowest BCUT2D eigenvalue weighted by atomic mass is 10.0. The number of carbonyl (C=O) groups excluding carboxylic acids is 2. The first-order chi connectivity index (χ1) is 13.2. The van der Waals surface area contributed by atoms with E-state index in [2.05, 4.69) is 5.32 Å². The lowest BCUT2D eigenvalue weighted by molar-refractivity contribution is 0.102. The van der Waals surface area contributed by atoms with Crippen molar-refractivity contribution >= 4 is 28.2 Å². The Morgan fingerprint density at radius 1 is 0.556 bits per heavy atom. The number of ketones is 1. The molecule has 0 radical (unpaired) electrons. The Kier molecular flexibility index (Phi) is 4.50. The van der Waals surface area contributed by atoms with Crippen LogP contribution in [0.25, 0.3) is 10.8 Å². The molecule has 1 amide bonds. The number of carbonyl (C=O) groups is 2. The molecule has 4 rings (SSSR count). The SMILES string of the molecule is O=C(Nc1cccc2ccccc12)c1ccc(C(=O)c2ccccc2)cc1. The molecule has 0 saturated heterocycles. The van der Waals surface area contributed by atoms with Crippen LogP contribution in [0.5, 0.6) is 0 Å². The van der Waals surface area contributed by atoms with Crippen LogP contribution in [-0.4, -0.2) is 11.7 Å². The summed E-state index contributed by atoms with van der Waals surface area (Å²) in [6, 6.07) is 29.5. The molecule has 4 aromatic rings. The highest BCUT2D eigenvalue weighted by Crippen LogP contribution is 2.23. The molecule has 0 aliphatic heterocycles. The van der Waals surface area contributed by atoms with Gasteiger partial charge in [0.05, 0.1) is 0 Å². The Morgan fingerprint density at radius 3 is 1.93 bits per heavy atom. The molecular weight excluding hydrogens is 334 g/mol. The van der Waals surface area contributed by atoms with Crippen LogP contribution >= 0.6 is 0 Å². The van der Waals surface area contributed by atoms with E-state index in [0.717, 1.165) is 16.5 Å². The summed E-state index contributed by atoms with van der Waals surface area (Å²) in [6.45, 7) is 0. The highest BCUT2D eigenvalue weighted by Gasteiger charge is 2.11. The first-order valence-electron chi connectivity index (χ1n) is 8.71. The number of anilines is 1. The Balaban J connectivity index is 1.55. The molecule has 130 valence electrons. The van der Waals surface area contributed by atoms with Gasteiger partial charge in [-0.15, -0.1) is 0 Å². The molecule has 0 fully saturated rings. The number of nitrogens with one attached hydrogen (secondary N) is 1. The maximum Gasteiger partial charge on any atom is 0.255 e. The number of fused-ring (bicyclic) bond motifs is 1. The van der Waals surface area contributed by atoms with Crippen molar-refractivity contribution in [3.05, 3.63) is 114 Å². The standard InChI is InChI=1S/C24H17NO2/c26-23(18-8-2-1-3-9-18)19-13-15-20(16-14-19)24(27)25-22-12-6-10-17-7-4-5-11-21(17)22/h1-16H,(H,25,27). The average molecular weight is 351 g/mol. The molecule has 0 aliphatic rings. The van der Waals surface area contributed by atoms with Crippen LogP contribution in [0.2, 0.25) is 0 Å². The van der Waals surface area contributed by atoms with Crippen molar-refractivity contribution < 1.29 is 9.59 Å². The summed E-state index contributed by atoms with van der Waals surface area (Å²) < 4.78 is 0. The van der Waals surface area contributed by atoms with E-state index in [1.165, 1.54) is 0 Å². The van der Waals surface area contributed by atoms with Gasteiger partial charge in [-0.3, -0.25) is 9.59 Å². The quantitative estimate of drug-likeness (QED) is 0.506. The summed E-state index contributed by atoms with van der Waals surface area (Å²) in [5.74, 6) is -0.262. The highest BCUT2D eigenvalue weighted by molar-refractivity contribution is 6.11. The third-order valence-electron chi connectivity index (χ3n) is 4.48. The Hall–Kier alpha value is -3.72. The van der Waals surface area contributed by atoms with Gasteiger partial charge in [0, 0.05) is 27.8 Å². The van der Waals surface area contributed by atoms with E-state index in [9.17, 15) is 9.59 Å². The van der Waals surface area contributed by atoms with Gasteiger partial charge in [-0.05, 0) is 23.6 Å². The van der Waals surface area contributed by atoms with Crippen LogP contribution in [0.4, 0.5) is 5.69 Å². The first-order valence-corrected chi connectivity index (χ1v) is 8.71. The lowest BCUT2D eigenvalue weighted by Gasteiger charge is -2.09. The summed E-state index contributed by atoms with van der Waals surface area (Å²) in [5, 5.41) is 5.02. The van der Waals surface area contributed by atoms with Crippen LogP contribution < -0.4 is 5.32 Å². The summed E-state index contributed by atoms with van der Waals surface area (Å²) >= 11 is 0. The molecule has 3 nitrogen and oxygen atoms in total. The van der Waals surface area contributed by atoms with Gasteiger partial charge in [0.1, 0.15) is 0 Å². The monoisotopic (exact) mass is 351 g/mol. The van der Waals surface area contributed by atoms with Crippen molar-refractivity contribution in [1.29, 1.82) is 0 Å². The fraction of sp³-hybridized carbons (Fsp3) is 0. The van der Waals surface area contributed by atoms with Crippen molar-refractivity contribution in [3.63, 3.8) is 0 Å². The van der Waals surface area contributed by atoms with Gasteiger partial charge >= 0.3 is 0 Å². The van der Waals surface area contributed by atoms with Crippen LogP contribution in [0.15, 0.2) is 97.1 Å². The maximum absolute atomic E-state index is 12.6. The molecule has 0 spiro atoms. The van der Waals surface area contributed by atoms with Crippen molar-refractivity contribution in [1.82, 2.24) is 0 Å². The van der Waals surface area contributed by atoms with Gasteiger partial charge in [0.15, 0.2) is 5.78 Å². The summed E-state index contributed by atoms with van der Waals surface area (Å²) in [5.41, 5.74) is 2.46. The Bertz CT molecular complexity index is 1110. The third kappa shape index (κ3) is 3.48. The average Bonchev–Trinajstić information content (AvgIpc) is 2.74. The second kappa shape index (κ2) is 7.26. The van der Waals surface area contributed by atoms with E-state index < -0.39 is 0 Å². The molecule has 4 aromatic carbocycles. The summed E-state index contributed by atoms with van der Waals surface area (Å²) in [4.78, 5) is 25.1. The van der Waals surface area contributed by atoms with Gasteiger partial charge in [0.2, 0.25) is 0 Å².